The largest absolute Gasteiger partial charge is 0.481 e. The van der Waals surface area contributed by atoms with Crippen LogP contribution in [0, 0.1) is 5.92 Å². The fourth-order valence-corrected chi connectivity index (χ4v) is 1.60. The molecule has 0 fully saturated rings. The van der Waals surface area contributed by atoms with E-state index in [2.05, 4.69) is 0 Å². The molecule has 80 valence electrons. The van der Waals surface area contributed by atoms with Gasteiger partial charge in [0.25, 0.3) is 0 Å². The molecule has 1 rings (SSSR count). The summed E-state index contributed by atoms with van der Waals surface area (Å²) in [6.07, 6.45) is 3.84. The molecule has 0 unspecified atom stereocenters. The molecule has 0 aliphatic heterocycles. The number of aliphatic carboxylic acids is 1. The van der Waals surface area contributed by atoms with Gasteiger partial charge in [-0.15, -0.1) is 0 Å². The smallest absolute Gasteiger partial charge is 0.307 e. The average molecular weight is 204 g/mol. The number of rotatable bonds is 4. The van der Waals surface area contributed by atoms with E-state index in [0.717, 1.165) is 5.56 Å². The maximum absolute atomic E-state index is 11.0. The molecule has 0 saturated carbocycles. The lowest BCUT2D eigenvalue weighted by Crippen LogP contribution is -2.17. The maximum Gasteiger partial charge on any atom is 0.307 e. The van der Waals surface area contributed by atoms with Crippen molar-refractivity contribution in [2.45, 2.75) is 19.8 Å². The Morgan fingerprint density at radius 3 is 2.40 bits per heavy atom. The van der Waals surface area contributed by atoms with E-state index in [4.69, 9.17) is 5.11 Å². The summed E-state index contributed by atoms with van der Waals surface area (Å²) in [5, 5.41) is 9.01. The van der Waals surface area contributed by atoms with Gasteiger partial charge >= 0.3 is 5.97 Å². The number of carboxylic acid groups (broad SMARTS) is 1. The van der Waals surface area contributed by atoms with E-state index in [1.165, 1.54) is 0 Å². The Labute approximate surface area is 90.3 Å². The normalized spacial score (nSPS) is 15.1. The van der Waals surface area contributed by atoms with Crippen molar-refractivity contribution in [1.82, 2.24) is 0 Å². The summed E-state index contributed by atoms with van der Waals surface area (Å²) in [5.74, 6) is -1.21. The first-order valence-corrected chi connectivity index (χ1v) is 5.07. The molecule has 0 aromatic heterocycles. The monoisotopic (exact) mass is 204 g/mol. The Hall–Kier alpha value is -1.57. The fraction of sp³-hybridized carbons (Fsp3) is 0.308. The molecule has 0 aliphatic rings. The summed E-state index contributed by atoms with van der Waals surface area (Å²) in [4.78, 5) is 11.0. The van der Waals surface area contributed by atoms with Crippen molar-refractivity contribution >= 4 is 5.97 Å². The molecule has 0 bridgehead atoms. The first-order chi connectivity index (χ1) is 7.16. The van der Waals surface area contributed by atoms with Crippen LogP contribution in [0.25, 0.3) is 0 Å². The van der Waals surface area contributed by atoms with Crippen molar-refractivity contribution in [1.29, 1.82) is 0 Å². The van der Waals surface area contributed by atoms with Crippen molar-refractivity contribution in [2.75, 3.05) is 0 Å². The fourth-order valence-electron chi connectivity index (χ4n) is 1.60. The van der Waals surface area contributed by atoms with Crippen molar-refractivity contribution in [3.63, 3.8) is 0 Å². The minimum atomic E-state index is -0.762. The molecular weight excluding hydrogens is 188 g/mol. The zero-order chi connectivity index (χ0) is 11.3. The summed E-state index contributed by atoms with van der Waals surface area (Å²) in [6, 6.07) is 9.72. The highest BCUT2D eigenvalue weighted by atomic mass is 16.4. The summed E-state index contributed by atoms with van der Waals surface area (Å²) in [5.41, 5.74) is 1.05. The molecule has 2 heteroatoms. The van der Waals surface area contributed by atoms with Gasteiger partial charge in [0, 0.05) is 5.92 Å². The molecule has 0 spiro atoms. The predicted molar refractivity (Wildman–Crippen MR) is 60.8 cm³/mol. The Balaban J connectivity index is 2.98. The predicted octanol–water partition coefficient (Wildman–Crippen LogP) is 3.07. The highest BCUT2D eigenvalue weighted by Gasteiger charge is 2.22. The van der Waals surface area contributed by atoms with Gasteiger partial charge in [0.2, 0.25) is 0 Å². The van der Waals surface area contributed by atoms with Crippen LogP contribution in [0.3, 0.4) is 0 Å². The SMILES string of the molecule is C/C=C/[C@H](c1ccccc1)[C@@H](C)C(=O)O. The van der Waals surface area contributed by atoms with Crippen LogP contribution in [0.1, 0.15) is 25.3 Å². The van der Waals surface area contributed by atoms with Crippen molar-refractivity contribution in [3.8, 4) is 0 Å². The van der Waals surface area contributed by atoms with Crippen molar-refractivity contribution in [3.05, 3.63) is 48.0 Å². The van der Waals surface area contributed by atoms with E-state index in [1.807, 2.05) is 49.4 Å². The van der Waals surface area contributed by atoms with Crippen molar-refractivity contribution in [2.24, 2.45) is 5.92 Å². The van der Waals surface area contributed by atoms with Crippen LogP contribution < -0.4 is 0 Å². The van der Waals surface area contributed by atoms with Crippen LogP contribution in [0.5, 0.6) is 0 Å². The molecule has 1 N–H and O–H groups in total. The van der Waals surface area contributed by atoms with Crippen LogP contribution in [0.4, 0.5) is 0 Å². The number of carbonyl (C=O) groups is 1. The third-order valence-electron chi connectivity index (χ3n) is 2.51. The second-order valence-electron chi connectivity index (χ2n) is 3.59. The van der Waals surface area contributed by atoms with Crippen molar-refractivity contribution < 1.29 is 9.90 Å². The van der Waals surface area contributed by atoms with Crippen LogP contribution in [0.15, 0.2) is 42.5 Å². The topological polar surface area (TPSA) is 37.3 Å². The third kappa shape index (κ3) is 2.94. The second kappa shape index (κ2) is 5.35. The van der Waals surface area contributed by atoms with Crippen LogP contribution in [0.2, 0.25) is 0 Å². The summed E-state index contributed by atoms with van der Waals surface area (Å²) in [7, 11) is 0. The highest BCUT2D eigenvalue weighted by molar-refractivity contribution is 5.71. The molecule has 1 aromatic carbocycles. The van der Waals surface area contributed by atoms with Crippen LogP contribution in [-0.4, -0.2) is 11.1 Å². The summed E-state index contributed by atoms with van der Waals surface area (Å²) >= 11 is 0. The summed E-state index contributed by atoms with van der Waals surface area (Å²) in [6.45, 7) is 3.64. The Kier molecular flexibility index (Phi) is 4.10. The van der Waals surface area contributed by atoms with Crippen LogP contribution >= 0.6 is 0 Å². The first-order valence-electron chi connectivity index (χ1n) is 5.07. The molecule has 0 saturated heterocycles. The Morgan fingerprint density at radius 2 is 1.93 bits per heavy atom. The molecular formula is C13H16O2. The average Bonchev–Trinajstić information content (AvgIpc) is 2.26. The Bertz CT molecular complexity index is 341. The number of allylic oxidation sites excluding steroid dienone is 2. The second-order valence-corrected chi connectivity index (χ2v) is 3.59. The molecule has 0 amide bonds. The number of hydrogen-bond acceptors (Lipinski definition) is 1. The summed E-state index contributed by atoms with van der Waals surface area (Å²) < 4.78 is 0. The lowest BCUT2D eigenvalue weighted by molar-refractivity contribution is -0.141. The van der Waals surface area contributed by atoms with Gasteiger partial charge in [0.15, 0.2) is 0 Å². The molecule has 0 radical (unpaired) electrons. The van der Waals surface area contributed by atoms with E-state index < -0.39 is 11.9 Å². The minimum Gasteiger partial charge on any atom is -0.481 e. The zero-order valence-corrected chi connectivity index (χ0v) is 9.05. The van der Waals surface area contributed by atoms with E-state index in [1.54, 1.807) is 6.92 Å². The highest BCUT2D eigenvalue weighted by Crippen LogP contribution is 2.26. The lowest BCUT2D eigenvalue weighted by atomic mass is 9.87. The van der Waals surface area contributed by atoms with Crippen LogP contribution in [-0.2, 0) is 4.79 Å². The molecule has 15 heavy (non-hydrogen) atoms. The Morgan fingerprint density at radius 1 is 1.33 bits per heavy atom. The van der Waals surface area contributed by atoms with Gasteiger partial charge in [-0.05, 0) is 12.5 Å². The van der Waals surface area contributed by atoms with Gasteiger partial charge in [0.05, 0.1) is 5.92 Å². The maximum atomic E-state index is 11.0. The number of hydrogen-bond donors (Lipinski definition) is 1. The standard InChI is InChI=1S/C13H16O2/c1-3-7-12(10(2)13(14)15)11-8-5-4-6-9-11/h3-10,12H,1-2H3,(H,14,15)/b7-3+/t10-,12+/m1/s1. The number of carboxylic acids is 1. The van der Waals surface area contributed by atoms with E-state index in [9.17, 15) is 4.79 Å². The van der Waals surface area contributed by atoms with Gasteiger partial charge in [-0.1, -0.05) is 49.4 Å². The van der Waals surface area contributed by atoms with E-state index >= 15 is 0 Å². The molecule has 2 nitrogen and oxygen atoms in total. The number of benzene rings is 1. The van der Waals surface area contributed by atoms with E-state index in [0.29, 0.717) is 0 Å². The van der Waals surface area contributed by atoms with Gasteiger partial charge in [-0.2, -0.15) is 0 Å². The molecule has 2 atom stereocenters. The third-order valence-corrected chi connectivity index (χ3v) is 2.51. The minimum absolute atomic E-state index is 0.0475. The van der Waals surface area contributed by atoms with Gasteiger partial charge in [0.1, 0.15) is 0 Å². The van der Waals surface area contributed by atoms with Gasteiger partial charge in [-0.25, -0.2) is 0 Å². The lowest BCUT2D eigenvalue weighted by Gasteiger charge is -2.17. The quantitative estimate of drug-likeness (QED) is 0.765. The molecule has 0 heterocycles. The van der Waals surface area contributed by atoms with Gasteiger partial charge < -0.3 is 5.11 Å². The molecule has 0 aliphatic carbocycles. The van der Waals surface area contributed by atoms with E-state index in [-0.39, 0.29) is 5.92 Å². The van der Waals surface area contributed by atoms with Gasteiger partial charge in [-0.3, -0.25) is 4.79 Å². The molecule has 1 aromatic rings. The zero-order valence-electron chi connectivity index (χ0n) is 9.05. The first kappa shape index (κ1) is 11.5.